The van der Waals surface area contributed by atoms with Crippen molar-refractivity contribution in [3.05, 3.63) is 35.7 Å². The summed E-state index contributed by atoms with van der Waals surface area (Å²) in [5, 5.41) is 12.0. The summed E-state index contributed by atoms with van der Waals surface area (Å²) in [5.74, 6) is 0.838. The molecule has 1 saturated carbocycles. The summed E-state index contributed by atoms with van der Waals surface area (Å²) in [6.07, 6.45) is 3.74. The van der Waals surface area contributed by atoms with E-state index in [1.54, 1.807) is 22.9 Å². The first-order chi connectivity index (χ1) is 11.0. The zero-order valence-electron chi connectivity index (χ0n) is 13.4. The predicted octanol–water partition coefficient (Wildman–Crippen LogP) is 1.81. The van der Waals surface area contributed by atoms with Gasteiger partial charge in [-0.05, 0) is 54.2 Å². The summed E-state index contributed by atoms with van der Waals surface area (Å²) in [7, 11) is 1.35. The number of para-hydroxylation sites is 1. The second-order valence-corrected chi connectivity index (χ2v) is 6.26. The first-order valence-electron chi connectivity index (χ1n) is 7.80. The lowest BCUT2D eigenvalue weighted by Crippen LogP contribution is -2.42. The molecule has 2 N–H and O–H groups in total. The second-order valence-electron chi connectivity index (χ2n) is 6.26. The lowest BCUT2D eigenvalue weighted by molar-refractivity contribution is 0.0600. The largest absolute Gasteiger partial charge is 0.465 e. The van der Waals surface area contributed by atoms with Crippen LogP contribution in [0.1, 0.15) is 48.8 Å². The van der Waals surface area contributed by atoms with Crippen molar-refractivity contribution in [2.45, 2.75) is 38.1 Å². The van der Waals surface area contributed by atoms with Crippen LogP contribution in [-0.4, -0.2) is 33.3 Å². The molecule has 7 heteroatoms. The maximum absolute atomic E-state index is 12.0. The van der Waals surface area contributed by atoms with E-state index in [1.807, 2.05) is 6.07 Å². The number of carbonyl (C=O) groups is 1. The molecule has 1 aliphatic rings. The van der Waals surface area contributed by atoms with Crippen molar-refractivity contribution in [2.24, 2.45) is 11.7 Å². The molecule has 3 rings (SSSR count). The van der Waals surface area contributed by atoms with Crippen LogP contribution < -0.4 is 5.73 Å². The number of nitrogens with two attached hydrogens (primary N) is 1. The molecule has 0 unspecified atom stereocenters. The van der Waals surface area contributed by atoms with Gasteiger partial charge in [0.15, 0.2) is 5.82 Å². The highest BCUT2D eigenvalue weighted by molar-refractivity contribution is 5.93. The Labute approximate surface area is 134 Å². The van der Waals surface area contributed by atoms with E-state index in [1.165, 1.54) is 7.11 Å². The lowest BCUT2D eigenvalue weighted by atomic mass is 9.77. The Morgan fingerprint density at radius 2 is 2.04 bits per heavy atom. The van der Waals surface area contributed by atoms with E-state index in [0.717, 1.165) is 25.7 Å². The third-order valence-corrected chi connectivity index (χ3v) is 4.62. The minimum absolute atomic E-state index is 0.413. The highest BCUT2D eigenvalue weighted by atomic mass is 16.5. The van der Waals surface area contributed by atoms with Gasteiger partial charge < -0.3 is 10.5 Å². The zero-order valence-corrected chi connectivity index (χ0v) is 13.4. The summed E-state index contributed by atoms with van der Waals surface area (Å²) >= 11 is 0. The number of carbonyl (C=O) groups excluding carboxylic acids is 1. The van der Waals surface area contributed by atoms with Gasteiger partial charge in [-0.15, -0.1) is 5.10 Å². The van der Waals surface area contributed by atoms with Gasteiger partial charge >= 0.3 is 5.97 Å². The number of ether oxygens (including phenoxy) is 1. The third kappa shape index (κ3) is 2.84. The van der Waals surface area contributed by atoms with Crippen LogP contribution in [0.15, 0.2) is 24.3 Å². The zero-order chi connectivity index (χ0) is 16.4. The fraction of sp³-hybridized carbons (Fsp3) is 0.500. The van der Waals surface area contributed by atoms with Crippen molar-refractivity contribution in [2.75, 3.05) is 7.11 Å². The van der Waals surface area contributed by atoms with Gasteiger partial charge in [0.1, 0.15) is 0 Å². The van der Waals surface area contributed by atoms with Gasteiger partial charge in [-0.1, -0.05) is 19.1 Å². The van der Waals surface area contributed by atoms with Crippen LogP contribution in [0.25, 0.3) is 5.69 Å². The summed E-state index contributed by atoms with van der Waals surface area (Å²) in [4.78, 5) is 12.0. The fourth-order valence-corrected chi connectivity index (χ4v) is 3.10. The van der Waals surface area contributed by atoms with Gasteiger partial charge in [0.05, 0.1) is 23.9 Å². The standard InChI is InChI=1S/C16H21N5O2/c1-11-7-9-16(17,10-8-11)15-18-19-20-21(15)13-6-4-3-5-12(13)14(22)23-2/h3-6,11H,7-10,17H2,1-2H3. The van der Waals surface area contributed by atoms with Crippen molar-refractivity contribution in [3.8, 4) is 5.69 Å². The van der Waals surface area contributed by atoms with E-state index >= 15 is 0 Å². The minimum Gasteiger partial charge on any atom is -0.465 e. The van der Waals surface area contributed by atoms with Crippen LogP contribution in [-0.2, 0) is 10.3 Å². The van der Waals surface area contributed by atoms with E-state index in [0.29, 0.717) is 23.0 Å². The fourth-order valence-electron chi connectivity index (χ4n) is 3.10. The summed E-state index contributed by atoms with van der Waals surface area (Å²) < 4.78 is 6.42. The van der Waals surface area contributed by atoms with Crippen molar-refractivity contribution in [3.63, 3.8) is 0 Å². The number of methoxy groups -OCH3 is 1. The predicted molar refractivity (Wildman–Crippen MR) is 84.0 cm³/mol. The molecule has 0 aliphatic heterocycles. The Morgan fingerprint density at radius 3 is 2.74 bits per heavy atom. The van der Waals surface area contributed by atoms with Crippen molar-refractivity contribution >= 4 is 5.97 Å². The average Bonchev–Trinajstić information content (AvgIpc) is 3.07. The average molecular weight is 315 g/mol. The molecule has 0 spiro atoms. The molecule has 23 heavy (non-hydrogen) atoms. The molecule has 1 aromatic heterocycles. The van der Waals surface area contributed by atoms with Crippen LogP contribution in [0.5, 0.6) is 0 Å². The van der Waals surface area contributed by atoms with Crippen LogP contribution in [0, 0.1) is 5.92 Å². The molecule has 0 atom stereocenters. The smallest absolute Gasteiger partial charge is 0.340 e. The molecule has 0 bridgehead atoms. The van der Waals surface area contributed by atoms with Crippen molar-refractivity contribution in [1.82, 2.24) is 20.2 Å². The molecule has 7 nitrogen and oxygen atoms in total. The Balaban J connectivity index is 2.04. The Bertz CT molecular complexity index is 704. The van der Waals surface area contributed by atoms with E-state index < -0.39 is 11.5 Å². The van der Waals surface area contributed by atoms with Crippen LogP contribution in [0.2, 0.25) is 0 Å². The minimum atomic E-state index is -0.570. The number of hydrogen-bond donors (Lipinski definition) is 1. The number of nitrogens with zero attached hydrogens (tertiary/aromatic N) is 4. The SMILES string of the molecule is COC(=O)c1ccccc1-n1nnnc1C1(N)CCC(C)CC1. The van der Waals surface area contributed by atoms with Gasteiger partial charge in [0.2, 0.25) is 0 Å². The number of hydrogen-bond acceptors (Lipinski definition) is 6. The third-order valence-electron chi connectivity index (χ3n) is 4.62. The van der Waals surface area contributed by atoms with Crippen LogP contribution >= 0.6 is 0 Å². The number of aromatic nitrogens is 4. The lowest BCUT2D eigenvalue weighted by Gasteiger charge is -2.34. The highest BCUT2D eigenvalue weighted by Gasteiger charge is 2.37. The molecule has 1 fully saturated rings. The van der Waals surface area contributed by atoms with Crippen molar-refractivity contribution in [1.29, 1.82) is 0 Å². The second kappa shape index (κ2) is 6.08. The van der Waals surface area contributed by atoms with Crippen LogP contribution in [0.3, 0.4) is 0 Å². The molecule has 0 amide bonds. The van der Waals surface area contributed by atoms with Gasteiger partial charge in [-0.3, -0.25) is 0 Å². The number of benzene rings is 1. The van der Waals surface area contributed by atoms with Gasteiger partial charge in [-0.25, -0.2) is 4.79 Å². The highest BCUT2D eigenvalue weighted by Crippen LogP contribution is 2.37. The Morgan fingerprint density at radius 1 is 1.35 bits per heavy atom. The molecule has 122 valence electrons. The topological polar surface area (TPSA) is 95.9 Å². The van der Waals surface area contributed by atoms with E-state index in [4.69, 9.17) is 10.5 Å². The monoisotopic (exact) mass is 315 g/mol. The first-order valence-corrected chi connectivity index (χ1v) is 7.80. The molecular formula is C16H21N5O2. The summed E-state index contributed by atoms with van der Waals surface area (Å²) in [6, 6.07) is 7.10. The maximum atomic E-state index is 12.0. The number of tetrazole rings is 1. The van der Waals surface area contributed by atoms with Gasteiger partial charge in [0, 0.05) is 0 Å². The van der Waals surface area contributed by atoms with E-state index in [9.17, 15) is 4.79 Å². The molecule has 1 aliphatic carbocycles. The van der Waals surface area contributed by atoms with Gasteiger partial charge in [0.25, 0.3) is 0 Å². The molecule has 0 radical (unpaired) electrons. The molecule has 1 aromatic carbocycles. The normalized spacial score (nSPS) is 24.4. The Kier molecular flexibility index (Phi) is 4.12. The first kappa shape index (κ1) is 15.6. The number of rotatable bonds is 3. The maximum Gasteiger partial charge on any atom is 0.340 e. The molecular weight excluding hydrogens is 294 g/mol. The Hall–Kier alpha value is -2.28. The van der Waals surface area contributed by atoms with Crippen LogP contribution in [0.4, 0.5) is 0 Å². The van der Waals surface area contributed by atoms with E-state index in [2.05, 4.69) is 22.4 Å². The number of esters is 1. The van der Waals surface area contributed by atoms with Crippen molar-refractivity contribution < 1.29 is 9.53 Å². The van der Waals surface area contributed by atoms with E-state index in [-0.39, 0.29) is 0 Å². The molecule has 0 saturated heterocycles. The molecule has 2 aromatic rings. The van der Waals surface area contributed by atoms with Gasteiger partial charge in [-0.2, -0.15) is 4.68 Å². The quantitative estimate of drug-likeness (QED) is 0.868. The molecule has 1 heterocycles. The summed E-state index contributed by atoms with van der Waals surface area (Å²) in [5.41, 5.74) is 7.03. The summed E-state index contributed by atoms with van der Waals surface area (Å²) in [6.45, 7) is 2.23.